The Bertz CT molecular complexity index is 987. The Morgan fingerprint density at radius 3 is 2.33 bits per heavy atom. The van der Waals surface area contributed by atoms with Crippen LogP contribution < -0.4 is 14.4 Å². The molecule has 0 fully saturated rings. The minimum atomic E-state index is -3.65. The van der Waals surface area contributed by atoms with E-state index in [1.54, 1.807) is 31.2 Å². The summed E-state index contributed by atoms with van der Waals surface area (Å²) in [7, 11) is -3.65. The molecule has 1 aliphatic rings. The van der Waals surface area contributed by atoms with Crippen LogP contribution in [0.5, 0.6) is 5.75 Å². The molecule has 0 bridgehead atoms. The molecule has 1 heterocycles. The van der Waals surface area contributed by atoms with E-state index in [4.69, 9.17) is 4.74 Å². The van der Waals surface area contributed by atoms with Crippen LogP contribution in [0.25, 0.3) is 0 Å². The lowest BCUT2D eigenvalue weighted by Gasteiger charge is -2.42. The number of nitrogens with one attached hydrogen (secondary N) is 1. The van der Waals surface area contributed by atoms with Gasteiger partial charge in [0, 0.05) is 12.0 Å². The molecule has 0 aliphatic carbocycles. The summed E-state index contributed by atoms with van der Waals surface area (Å²) in [4.78, 5) is 13.2. The summed E-state index contributed by atoms with van der Waals surface area (Å²) in [6.45, 7) is 5.78. The number of carbonyl (C=O) groups excluding carboxylic acids is 1. The van der Waals surface area contributed by atoms with Crippen LogP contribution in [0, 0.1) is 0 Å². The Labute approximate surface area is 179 Å². The molecule has 3 rings (SSSR count). The lowest BCUT2D eigenvalue weighted by atomic mass is 9.83. The van der Waals surface area contributed by atoms with E-state index in [2.05, 4.69) is 19.2 Å². The van der Waals surface area contributed by atoms with Crippen LogP contribution in [0.15, 0.2) is 54.6 Å². The number of sulfonamides is 1. The minimum absolute atomic E-state index is 0.248. The largest absolute Gasteiger partial charge is 0.487 e. The van der Waals surface area contributed by atoms with Gasteiger partial charge in [0.05, 0.1) is 18.0 Å². The fourth-order valence-electron chi connectivity index (χ4n) is 4.11. The van der Waals surface area contributed by atoms with Crippen LogP contribution in [-0.2, 0) is 14.8 Å². The zero-order chi connectivity index (χ0) is 21.9. The molecule has 0 saturated carbocycles. The van der Waals surface area contributed by atoms with Crippen molar-refractivity contribution < 1.29 is 17.9 Å². The topological polar surface area (TPSA) is 75.7 Å². The highest BCUT2D eigenvalue weighted by atomic mass is 32.2. The van der Waals surface area contributed by atoms with Gasteiger partial charge in [-0.15, -0.1) is 0 Å². The highest BCUT2D eigenvalue weighted by molar-refractivity contribution is 7.92. The van der Waals surface area contributed by atoms with Crippen molar-refractivity contribution in [2.24, 2.45) is 0 Å². The monoisotopic (exact) mass is 430 g/mol. The molecule has 0 saturated heterocycles. The number of nitrogens with zero attached hydrogens (tertiary/aromatic N) is 1. The standard InChI is InChI=1S/C23H30N2O4S/c1-5-23(6-2)16-20(19-14-10-11-15-21(19)29-23)24-22(26)17(3)25(30(4,27)28)18-12-8-7-9-13-18/h7-15,17,20H,5-6,16H2,1-4H3,(H,24,26)/t17-,20-/m1/s1. The Morgan fingerprint density at radius 1 is 1.13 bits per heavy atom. The Balaban J connectivity index is 1.90. The van der Waals surface area contributed by atoms with Gasteiger partial charge >= 0.3 is 0 Å². The van der Waals surface area contributed by atoms with Crippen molar-refractivity contribution >= 4 is 21.6 Å². The van der Waals surface area contributed by atoms with Crippen LogP contribution >= 0.6 is 0 Å². The second-order valence-electron chi connectivity index (χ2n) is 7.87. The first-order valence-corrected chi connectivity index (χ1v) is 12.2. The molecule has 162 valence electrons. The third kappa shape index (κ3) is 4.46. The lowest BCUT2D eigenvalue weighted by molar-refractivity contribution is -0.123. The van der Waals surface area contributed by atoms with E-state index in [-0.39, 0.29) is 17.6 Å². The Morgan fingerprint density at radius 2 is 1.73 bits per heavy atom. The molecule has 2 aromatic carbocycles. The van der Waals surface area contributed by atoms with Gasteiger partial charge in [-0.05, 0) is 38.0 Å². The zero-order valence-electron chi connectivity index (χ0n) is 18.0. The van der Waals surface area contributed by atoms with Crippen molar-refractivity contribution in [3.05, 3.63) is 60.2 Å². The van der Waals surface area contributed by atoms with E-state index >= 15 is 0 Å². The molecule has 30 heavy (non-hydrogen) atoms. The second kappa shape index (κ2) is 8.68. The predicted molar refractivity (Wildman–Crippen MR) is 119 cm³/mol. The third-order valence-electron chi connectivity index (χ3n) is 5.90. The van der Waals surface area contributed by atoms with E-state index in [1.807, 2.05) is 30.3 Å². The van der Waals surface area contributed by atoms with Crippen molar-refractivity contribution in [2.75, 3.05) is 10.6 Å². The minimum Gasteiger partial charge on any atom is -0.487 e. The van der Waals surface area contributed by atoms with Crippen LogP contribution in [0.3, 0.4) is 0 Å². The molecule has 7 heteroatoms. The van der Waals surface area contributed by atoms with E-state index in [0.29, 0.717) is 12.1 Å². The molecule has 2 aromatic rings. The number of carbonyl (C=O) groups is 1. The number of amides is 1. The number of anilines is 1. The molecule has 0 radical (unpaired) electrons. The van der Waals surface area contributed by atoms with Crippen LogP contribution in [0.1, 0.15) is 51.6 Å². The average Bonchev–Trinajstić information content (AvgIpc) is 2.73. The maximum absolute atomic E-state index is 13.2. The van der Waals surface area contributed by atoms with E-state index in [1.165, 1.54) is 4.31 Å². The van der Waals surface area contributed by atoms with Crippen LogP contribution in [0.2, 0.25) is 0 Å². The van der Waals surface area contributed by atoms with Crippen molar-refractivity contribution in [1.82, 2.24) is 5.32 Å². The second-order valence-corrected chi connectivity index (χ2v) is 9.73. The molecular formula is C23H30N2O4S. The predicted octanol–water partition coefficient (Wildman–Crippen LogP) is 4.04. The van der Waals surface area contributed by atoms with Gasteiger partial charge in [-0.25, -0.2) is 8.42 Å². The Hall–Kier alpha value is -2.54. The molecule has 1 aliphatic heterocycles. The Kier molecular flexibility index (Phi) is 6.41. The summed E-state index contributed by atoms with van der Waals surface area (Å²) in [5.74, 6) is 0.431. The smallest absolute Gasteiger partial charge is 0.244 e. The first-order valence-electron chi connectivity index (χ1n) is 10.3. The molecule has 0 aromatic heterocycles. The van der Waals surface area contributed by atoms with Crippen molar-refractivity contribution in [1.29, 1.82) is 0 Å². The summed E-state index contributed by atoms with van der Waals surface area (Å²) in [6.07, 6.45) is 3.39. The number of fused-ring (bicyclic) bond motifs is 1. The maximum Gasteiger partial charge on any atom is 0.244 e. The fourth-order valence-corrected chi connectivity index (χ4v) is 5.28. The number of ether oxygens (including phenoxy) is 1. The molecule has 1 N–H and O–H groups in total. The molecule has 0 unspecified atom stereocenters. The number of hydrogen-bond donors (Lipinski definition) is 1. The number of benzene rings is 2. The SMILES string of the molecule is CCC1(CC)C[C@@H](NC(=O)[C@@H](C)N(c2ccccc2)S(C)(=O)=O)c2ccccc2O1. The molecule has 1 amide bonds. The van der Waals surface area contributed by atoms with E-state index in [9.17, 15) is 13.2 Å². The van der Waals surface area contributed by atoms with Gasteiger partial charge in [-0.1, -0.05) is 50.2 Å². The van der Waals surface area contributed by atoms with E-state index < -0.39 is 16.1 Å². The molecule has 0 spiro atoms. The molecule has 6 nitrogen and oxygen atoms in total. The summed E-state index contributed by atoms with van der Waals surface area (Å²) in [6, 6.07) is 15.3. The van der Waals surface area contributed by atoms with Crippen LogP contribution in [0.4, 0.5) is 5.69 Å². The third-order valence-corrected chi connectivity index (χ3v) is 7.14. The number of rotatable bonds is 7. The molecular weight excluding hydrogens is 400 g/mol. The van der Waals surface area contributed by atoms with Gasteiger partial charge in [0.2, 0.25) is 15.9 Å². The number of hydrogen-bond acceptors (Lipinski definition) is 4. The summed E-state index contributed by atoms with van der Waals surface area (Å²) in [5, 5.41) is 3.10. The normalized spacial score (nSPS) is 18.6. The van der Waals surface area contributed by atoms with Gasteiger partial charge in [0.25, 0.3) is 0 Å². The zero-order valence-corrected chi connectivity index (χ0v) is 18.8. The fraction of sp³-hybridized carbons (Fsp3) is 0.435. The maximum atomic E-state index is 13.2. The summed E-state index contributed by atoms with van der Waals surface area (Å²) in [5.41, 5.74) is 1.03. The summed E-state index contributed by atoms with van der Waals surface area (Å²) < 4.78 is 32.5. The van der Waals surface area contributed by atoms with Crippen molar-refractivity contribution in [2.45, 2.75) is 57.7 Å². The van der Waals surface area contributed by atoms with Crippen molar-refractivity contribution in [3.63, 3.8) is 0 Å². The molecule has 2 atom stereocenters. The highest BCUT2D eigenvalue weighted by Gasteiger charge is 2.40. The van der Waals surface area contributed by atoms with Gasteiger partial charge < -0.3 is 10.1 Å². The van der Waals surface area contributed by atoms with E-state index in [0.717, 1.165) is 30.4 Å². The van der Waals surface area contributed by atoms with Gasteiger partial charge in [0.15, 0.2) is 0 Å². The van der Waals surface area contributed by atoms with Gasteiger partial charge in [-0.2, -0.15) is 0 Å². The quantitative estimate of drug-likeness (QED) is 0.719. The first-order chi connectivity index (χ1) is 14.2. The van der Waals surface area contributed by atoms with Crippen LogP contribution in [-0.4, -0.2) is 32.2 Å². The van der Waals surface area contributed by atoms with Crippen molar-refractivity contribution in [3.8, 4) is 5.75 Å². The first kappa shape index (κ1) is 22.2. The number of para-hydroxylation sites is 2. The lowest BCUT2D eigenvalue weighted by Crippen LogP contribution is -2.51. The summed E-state index contributed by atoms with van der Waals surface area (Å²) >= 11 is 0. The van der Waals surface area contributed by atoms with Gasteiger partial charge in [-0.3, -0.25) is 9.10 Å². The van der Waals surface area contributed by atoms with Gasteiger partial charge in [0.1, 0.15) is 17.4 Å². The average molecular weight is 431 g/mol. The highest BCUT2D eigenvalue weighted by Crippen LogP contribution is 2.42.